The van der Waals surface area contributed by atoms with Gasteiger partial charge in [-0.15, -0.1) is 12.4 Å². The van der Waals surface area contributed by atoms with Crippen molar-refractivity contribution in [1.29, 1.82) is 0 Å². The normalized spacial score (nSPS) is 23.5. The fourth-order valence-corrected chi connectivity index (χ4v) is 5.26. The Hall–Kier alpha value is -2.13. The van der Waals surface area contributed by atoms with Gasteiger partial charge in [0.25, 0.3) is 0 Å². The molecule has 2 nitrogen and oxygen atoms in total. The molecule has 3 aromatic rings. The number of benzene rings is 3. The number of rotatable bonds is 5. The predicted octanol–water partition coefficient (Wildman–Crippen LogP) is 5.80. The van der Waals surface area contributed by atoms with Crippen molar-refractivity contribution in [2.45, 2.75) is 30.8 Å². The predicted molar refractivity (Wildman–Crippen MR) is 125 cm³/mol. The van der Waals surface area contributed by atoms with Crippen LogP contribution in [0.25, 0.3) is 0 Å². The van der Waals surface area contributed by atoms with Crippen LogP contribution in [0.3, 0.4) is 0 Å². The molecule has 2 unspecified atom stereocenters. The fraction of sp³-hybridized carbons (Fsp3) is 0.333. The molecule has 3 heteroatoms. The molecule has 0 aliphatic carbocycles. The Morgan fingerprint density at radius 3 is 2.37 bits per heavy atom. The smallest absolute Gasteiger partial charge is 0.0720 e. The molecule has 3 aromatic carbocycles. The molecule has 0 saturated carbocycles. The lowest BCUT2D eigenvalue weighted by molar-refractivity contribution is 0.0584. The van der Waals surface area contributed by atoms with Crippen LogP contribution in [0.5, 0.6) is 0 Å². The first kappa shape index (κ1) is 21.1. The minimum atomic E-state index is -0.0546. The molecule has 0 spiro atoms. The van der Waals surface area contributed by atoms with E-state index in [1.165, 1.54) is 35.2 Å². The summed E-state index contributed by atoms with van der Waals surface area (Å²) in [5.41, 5.74) is 5.61. The number of likely N-dealkylation sites (tertiary alicyclic amines) is 1. The number of fused-ring (bicyclic) bond motifs is 1. The third kappa shape index (κ3) is 4.05. The maximum Gasteiger partial charge on any atom is 0.0720 e. The average Bonchev–Trinajstić information content (AvgIpc) is 3.28. The molecule has 0 N–H and O–H groups in total. The lowest BCUT2D eigenvalue weighted by Gasteiger charge is -2.40. The molecule has 2 atom stereocenters. The first-order chi connectivity index (χ1) is 14.4. The van der Waals surface area contributed by atoms with Crippen molar-refractivity contribution in [3.63, 3.8) is 0 Å². The molecule has 30 heavy (non-hydrogen) atoms. The van der Waals surface area contributed by atoms with Gasteiger partial charge < -0.3 is 9.64 Å². The first-order valence-corrected chi connectivity index (χ1v) is 10.8. The van der Waals surface area contributed by atoms with Crippen molar-refractivity contribution in [1.82, 2.24) is 4.90 Å². The first-order valence-electron chi connectivity index (χ1n) is 10.8. The van der Waals surface area contributed by atoms with Crippen molar-refractivity contribution >= 4 is 12.4 Å². The zero-order valence-electron chi connectivity index (χ0n) is 17.4. The number of ether oxygens (including phenoxy) is 1. The van der Waals surface area contributed by atoms with Crippen LogP contribution in [0.4, 0.5) is 0 Å². The Balaban J connectivity index is 0.00000218. The highest BCUT2D eigenvalue weighted by molar-refractivity contribution is 5.85. The van der Waals surface area contributed by atoms with Gasteiger partial charge in [0, 0.05) is 12.0 Å². The topological polar surface area (TPSA) is 12.5 Å². The van der Waals surface area contributed by atoms with Crippen molar-refractivity contribution in [3.8, 4) is 0 Å². The minimum absolute atomic E-state index is 0. The average molecular weight is 420 g/mol. The second kappa shape index (κ2) is 9.34. The zero-order chi connectivity index (χ0) is 19.5. The molecule has 1 fully saturated rings. The van der Waals surface area contributed by atoms with E-state index in [2.05, 4.69) is 89.8 Å². The summed E-state index contributed by atoms with van der Waals surface area (Å²) in [4.78, 5) is 2.65. The van der Waals surface area contributed by atoms with E-state index in [9.17, 15) is 0 Å². The number of nitrogens with zero attached hydrogens (tertiary/aromatic N) is 1. The van der Waals surface area contributed by atoms with Gasteiger partial charge in [0.2, 0.25) is 0 Å². The molecule has 0 bridgehead atoms. The van der Waals surface area contributed by atoms with E-state index in [0.717, 1.165) is 32.7 Å². The van der Waals surface area contributed by atoms with Crippen LogP contribution in [-0.4, -0.2) is 31.1 Å². The van der Waals surface area contributed by atoms with Crippen LogP contribution in [-0.2, 0) is 16.8 Å². The maximum atomic E-state index is 6.15. The quantitative estimate of drug-likeness (QED) is 0.517. The van der Waals surface area contributed by atoms with Crippen LogP contribution in [0.1, 0.15) is 41.0 Å². The van der Waals surface area contributed by atoms with Gasteiger partial charge in [-0.2, -0.15) is 0 Å². The molecule has 0 aromatic heterocycles. The molecule has 2 heterocycles. The second-order valence-corrected chi connectivity index (χ2v) is 8.54. The molecule has 1 saturated heterocycles. The summed E-state index contributed by atoms with van der Waals surface area (Å²) in [5, 5.41) is 0. The van der Waals surface area contributed by atoms with Gasteiger partial charge in [-0.05, 0) is 54.1 Å². The largest absolute Gasteiger partial charge is 0.375 e. The van der Waals surface area contributed by atoms with Gasteiger partial charge in [0.15, 0.2) is 0 Å². The van der Waals surface area contributed by atoms with Crippen molar-refractivity contribution in [3.05, 3.63) is 107 Å². The molecule has 2 aliphatic rings. The summed E-state index contributed by atoms with van der Waals surface area (Å²) in [6.07, 6.45) is 2.35. The van der Waals surface area contributed by atoms with E-state index in [4.69, 9.17) is 4.74 Å². The summed E-state index contributed by atoms with van der Waals surface area (Å²) in [7, 11) is 0. The van der Waals surface area contributed by atoms with Crippen molar-refractivity contribution in [2.24, 2.45) is 0 Å². The van der Waals surface area contributed by atoms with E-state index in [0.29, 0.717) is 5.92 Å². The Morgan fingerprint density at radius 1 is 0.867 bits per heavy atom. The van der Waals surface area contributed by atoms with Crippen LogP contribution >= 0.6 is 12.4 Å². The standard InChI is InChI=1S/C27H29NO.ClH/c1-3-9-22(10-4-1)23-15-17-28(19-23)18-16-27(25-12-5-2-6-13-25)21-29-20-24-11-7-8-14-26(24)27;/h1-14,23H,15-21H2;1H. The highest BCUT2D eigenvalue weighted by atomic mass is 35.5. The molecule has 156 valence electrons. The highest BCUT2D eigenvalue weighted by Gasteiger charge is 2.39. The summed E-state index contributed by atoms with van der Waals surface area (Å²) >= 11 is 0. The third-order valence-electron chi connectivity index (χ3n) is 6.86. The lowest BCUT2D eigenvalue weighted by atomic mass is 9.70. The van der Waals surface area contributed by atoms with E-state index in [1.54, 1.807) is 0 Å². The molecular formula is C27H30ClNO. The summed E-state index contributed by atoms with van der Waals surface area (Å²) in [6, 6.07) is 30.9. The Kier molecular flexibility index (Phi) is 6.58. The number of halogens is 1. The van der Waals surface area contributed by atoms with Crippen LogP contribution in [0.2, 0.25) is 0 Å². The van der Waals surface area contributed by atoms with Gasteiger partial charge in [0.1, 0.15) is 0 Å². The third-order valence-corrected chi connectivity index (χ3v) is 6.86. The summed E-state index contributed by atoms with van der Waals surface area (Å²) in [6.45, 7) is 4.95. The van der Waals surface area contributed by atoms with E-state index >= 15 is 0 Å². The van der Waals surface area contributed by atoms with Crippen LogP contribution in [0, 0.1) is 0 Å². The molecule has 0 amide bonds. The number of hydrogen-bond acceptors (Lipinski definition) is 2. The van der Waals surface area contributed by atoms with E-state index < -0.39 is 0 Å². The Bertz CT molecular complexity index is 945. The molecular weight excluding hydrogens is 390 g/mol. The Labute approximate surface area is 186 Å². The van der Waals surface area contributed by atoms with E-state index in [1.807, 2.05) is 0 Å². The van der Waals surface area contributed by atoms with Gasteiger partial charge in [-0.3, -0.25) is 0 Å². The number of hydrogen-bond donors (Lipinski definition) is 0. The van der Waals surface area contributed by atoms with Crippen LogP contribution in [0.15, 0.2) is 84.9 Å². The maximum absolute atomic E-state index is 6.15. The monoisotopic (exact) mass is 419 g/mol. The lowest BCUT2D eigenvalue weighted by Crippen LogP contribution is -2.40. The van der Waals surface area contributed by atoms with Crippen molar-refractivity contribution < 1.29 is 4.74 Å². The van der Waals surface area contributed by atoms with Crippen LogP contribution < -0.4 is 0 Å². The zero-order valence-corrected chi connectivity index (χ0v) is 18.2. The minimum Gasteiger partial charge on any atom is -0.375 e. The van der Waals surface area contributed by atoms with Gasteiger partial charge in [-0.25, -0.2) is 0 Å². The molecule has 5 rings (SSSR count). The van der Waals surface area contributed by atoms with Crippen molar-refractivity contribution in [2.75, 3.05) is 26.2 Å². The van der Waals surface area contributed by atoms with Gasteiger partial charge >= 0.3 is 0 Å². The van der Waals surface area contributed by atoms with Gasteiger partial charge in [-0.1, -0.05) is 84.9 Å². The molecule has 0 radical (unpaired) electrons. The summed E-state index contributed by atoms with van der Waals surface area (Å²) < 4.78 is 6.15. The van der Waals surface area contributed by atoms with Gasteiger partial charge in [0.05, 0.1) is 13.2 Å². The Morgan fingerprint density at radius 2 is 1.57 bits per heavy atom. The van der Waals surface area contributed by atoms with E-state index in [-0.39, 0.29) is 17.8 Å². The fourth-order valence-electron chi connectivity index (χ4n) is 5.26. The highest BCUT2D eigenvalue weighted by Crippen LogP contribution is 2.41. The second-order valence-electron chi connectivity index (χ2n) is 8.54. The SMILES string of the molecule is Cl.c1ccc(C2CCN(CCC3(c4ccccc4)COCc4ccccc43)C2)cc1. The molecule has 2 aliphatic heterocycles. The summed E-state index contributed by atoms with van der Waals surface area (Å²) in [5.74, 6) is 0.666.